The van der Waals surface area contributed by atoms with Gasteiger partial charge < -0.3 is 10.6 Å². The zero-order chi connectivity index (χ0) is 15.5. The van der Waals surface area contributed by atoms with Crippen molar-refractivity contribution in [1.29, 1.82) is 0 Å². The lowest BCUT2D eigenvalue weighted by atomic mass is 10.1. The third-order valence-electron chi connectivity index (χ3n) is 4.17. The molecule has 1 aliphatic rings. The average Bonchev–Trinajstić information content (AvgIpc) is 2.92. The average molecular weight is 331 g/mol. The SMILES string of the molecule is C[C@@H](NC(=S)N[C@@H]1CCc2c(Cl)cccc21)c1ccccc1. The van der Waals surface area contributed by atoms with E-state index >= 15 is 0 Å². The zero-order valence-corrected chi connectivity index (χ0v) is 14.0. The molecule has 0 saturated heterocycles. The summed E-state index contributed by atoms with van der Waals surface area (Å²) in [5.74, 6) is 0. The molecule has 114 valence electrons. The molecule has 0 saturated carbocycles. The van der Waals surface area contributed by atoms with E-state index in [1.807, 2.05) is 30.3 Å². The number of nitrogens with one attached hydrogen (secondary N) is 2. The molecule has 0 heterocycles. The Morgan fingerprint density at radius 1 is 1.18 bits per heavy atom. The van der Waals surface area contributed by atoms with Gasteiger partial charge in [0.05, 0.1) is 12.1 Å². The van der Waals surface area contributed by atoms with Crippen molar-refractivity contribution in [3.05, 3.63) is 70.2 Å². The van der Waals surface area contributed by atoms with Crippen molar-refractivity contribution in [2.75, 3.05) is 0 Å². The fourth-order valence-electron chi connectivity index (χ4n) is 2.98. The molecule has 2 aromatic carbocycles. The Balaban J connectivity index is 1.63. The lowest BCUT2D eigenvalue weighted by molar-refractivity contribution is 0.612. The second-order valence-electron chi connectivity index (χ2n) is 5.65. The molecule has 3 rings (SSSR count). The number of thiocarbonyl (C=S) groups is 1. The summed E-state index contributed by atoms with van der Waals surface area (Å²) in [6.45, 7) is 2.11. The molecule has 0 bridgehead atoms. The summed E-state index contributed by atoms with van der Waals surface area (Å²) in [7, 11) is 0. The minimum absolute atomic E-state index is 0.182. The standard InChI is InChI=1S/C18H19ClN2S/c1-12(13-6-3-2-4-7-13)20-18(22)21-17-11-10-14-15(17)8-5-9-16(14)19/h2-9,12,17H,10-11H2,1H3,(H2,20,21,22)/t12-,17-/m1/s1. The van der Waals surface area contributed by atoms with E-state index in [4.69, 9.17) is 23.8 Å². The normalized spacial score (nSPS) is 17.6. The molecule has 2 N–H and O–H groups in total. The fourth-order valence-corrected chi connectivity index (χ4v) is 3.58. The van der Waals surface area contributed by atoms with E-state index in [1.54, 1.807) is 0 Å². The Morgan fingerprint density at radius 2 is 1.95 bits per heavy atom. The molecule has 0 amide bonds. The van der Waals surface area contributed by atoms with E-state index in [-0.39, 0.29) is 12.1 Å². The highest BCUT2D eigenvalue weighted by molar-refractivity contribution is 7.80. The van der Waals surface area contributed by atoms with Gasteiger partial charge in [-0.2, -0.15) is 0 Å². The Morgan fingerprint density at radius 3 is 2.73 bits per heavy atom. The largest absolute Gasteiger partial charge is 0.356 e. The van der Waals surface area contributed by atoms with Crippen LogP contribution in [0.4, 0.5) is 0 Å². The van der Waals surface area contributed by atoms with Gasteiger partial charge in [-0.1, -0.05) is 54.1 Å². The van der Waals surface area contributed by atoms with Crippen molar-refractivity contribution in [2.24, 2.45) is 0 Å². The number of halogens is 1. The first kappa shape index (κ1) is 15.3. The van der Waals surface area contributed by atoms with Gasteiger partial charge in [0.1, 0.15) is 0 Å². The molecule has 0 radical (unpaired) electrons. The molecule has 22 heavy (non-hydrogen) atoms. The van der Waals surface area contributed by atoms with Gasteiger partial charge in [-0.25, -0.2) is 0 Å². The fraction of sp³-hybridized carbons (Fsp3) is 0.278. The Bertz CT molecular complexity index is 672. The first-order chi connectivity index (χ1) is 10.6. The van der Waals surface area contributed by atoms with Gasteiger partial charge >= 0.3 is 0 Å². The van der Waals surface area contributed by atoms with Gasteiger partial charge in [-0.05, 0) is 54.7 Å². The monoisotopic (exact) mass is 330 g/mol. The van der Waals surface area contributed by atoms with Gasteiger partial charge in [0.15, 0.2) is 5.11 Å². The number of benzene rings is 2. The smallest absolute Gasteiger partial charge is 0.167 e. The third-order valence-corrected chi connectivity index (χ3v) is 4.76. The summed E-state index contributed by atoms with van der Waals surface area (Å²) in [6.07, 6.45) is 2.03. The first-order valence-electron chi connectivity index (χ1n) is 7.54. The molecule has 0 spiro atoms. The molecule has 1 aliphatic carbocycles. The molecule has 0 unspecified atom stereocenters. The maximum absolute atomic E-state index is 6.26. The van der Waals surface area contributed by atoms with E-state index in [1.165, 1.54) is 16.7 Å². The second kappa shape index (κ2) is 6.67. The van der Waals surface area contributed by atoms with Crippen molar-refractivity contribution < 1.29 is 0 Å². The highest BCUT2D eigenvalue weighted by Crippen LogP contribution is 2.35. The third kappa shape index (κ3) is 3.26. The van der Waals surface area contributed by atoms with Crippen LogP contribution in [0.25, 0.3) is 0 Å². The van der Waals surface area contributed by atoms with Gasteiger partial charge in [0.2, 0.25) is 0 Å². The van der Waals surface area contributed by atoms with Crippen LogP contribution in [0.2, 0.25) is 5.02 Å². The van der Waals surface area contributed by atoms with Crippen LogP contribution in [0.15, 0.2) is 48.5 Å². The molecular formula is C18H19ClN2S. The van der Waals surface area contributed by atoms with Crippen molar-refractivity contribution in [1.82, 2.24) is 10.6 Å². The molecule has 2 nitrogen and oxygen atoms in total. The summed E-state index contributed by atoms with van der Waals surface area (Å²) in [5, 5.41) is 8.33. The van der Waals surface area contributed by atoms with E-state index in [0.29, 0.717) is 5.11 Å². The van der Waals surface area contributed by atoms with E-state index < -0.39 is 0 Å². The van der Waals surface area contributed by atoms with Crippen molar-refractivity contribution >= 4 is 28.9 Å². The Kier molecular flexibility index (Phi) is 4.65. The van der Waals surface area contributed by atoms with Crippen LogP contribution in [0.3, 0.4) is 0 Å². The topological polar surface area (TPSA) is 24.1 Å². The maximum Gasteiger partial charge on any atom is 0.167 e. The van der Waals surface area contributed by atoms with Gasteiger partial charge in [0.25, 0.3) is 0 Å². The van der Waals surface area contributed by atoms with E-state index in [0.717, 1.165) is 17.9 Å². The predicted octanol–water partition coefficient (Wildman–Crippen LogP) is 4.55. The summed E-state index contributed by atoms with van der Waals surface area (Å²) in [6, 6.07) is 16.8. The van der Waals surface area contributed by atoms with Crippen molar-refractivity contribution in [3.8, 4) is 0 Å². The van der Waals surface area contributed by atoms with Crippen LogP contribution >= 0.6 is 23.8 Å². The molecular weight excluding hydrogens is 312 g/mol. The predicted molar refractivity (Wildman–Crippen MR) is 96.2 cm³/mol. The van der Waals surface area contributed by atoms with Crippen LogP contribution in [0.5, 0.6) is 0 Å². The first-order valence-corrected chi connectivity index (χ1v) is 8.33. The van der Waals surface area contributed by atoms with Crippen LogP contribution < -0.4 is 10.6 Å². The van der Waals surface area contributed by atoms with Gasteiger partial charge in [-0.3, -0.25) is 0 Å². The van der Waals surface area contributed by atoms with Crippen LogP contribution in [-0.2, 0) is 6.42 Å². The zero-order valence-electron chi connectivity index (χ0n) is 12.5. The van der Waals surface area contributed by atoms with Gasteiger partial charge in [-0.15, -0.1) is 0 Å². The lowest BCUT2D eigenvalue weighted by Gasteiger charge is -2.21. The molecule has 2 atom stereocenters. The number of hydrogen-bond donors (Lipinski definition) is 2. The second-order valence-corrected chi connectivity index (χ2v) is 6.46. The number of hydrogen-bond acceptors (Lipinski definition) is 1. The molecule has 4 heteroatoms. The van der Waals surface area contributed by atoms with Crippen molar-refractivity contribution in [3.63, 3.8) is 0 Å². The maximum atomic E-state index is 6.26. The quantitative estimate of drug-likeness (QED) is 0.807. The highest BCUT2D eigenvalue weighted by Gasteiger charge is 2.24. The summed E-state index contributed by atoms with van der Waals surface area (Å²) in [4.78, 5) is 0. The summed E-state index contributed by atoms with van der Waals surface area (Å²) in [5.41, 5.74) is 3.74. The Labute approximate surface area is 141 Å². The van der Waals surface area contributed by atoms with E-state index in [2.05, 4.69) is 35.8 Å². The van der Waals surface area contributed by atoms with E-state index in [9.17, 15) is 0 Å². The number of rotatable bonds is 3. The van der Waals surface area contributed by atoms with Crippen molar-refractivity contribution in [2.45, 2.75) is 31.8 Å². The summed E-state index contributed by atoms with van der Waals surface area (Å²) >= 11 is 11.7. The Hall–Kier alpha value is -1.58. The van der Waals surface area contributed by atoms with Crippen LogP contribution in [0.1, 0.15) is 42.1 Å². The number of fused-ring (bicyclic) bond motifs is 1. The molecule has 0 aromatic heterocycles. The molecule has 0 aliphatic heterocycles. The van der Waals surface area contributed by atoms with Crippen LogP contribution in [-0.4, -0.2) is 5.11 Å². The minimum Gasteiger partial charge on any atom is -0.356 e. The molecule has 2 aromatic rings. The lowest BCUT2D eigenvalue weighted by Crippen LogP contribution is -2.38. The van der Waals surface area contributed by atoms with Gasteiger partial charge in [0, 0.05) is 5.02 Å². The minimum atomic E-state index is 0.182. The molecule has 0 fully saturated rings. The van der Waals surface area contributed by atoms with Crippen LogP contribution in [0, 0.1) is 0 Å². The highest BCUT2D eigenvalue weighted by atomic mass is 35.5. The summed E-state index contributed by atoms with van der Waals surface area (Å²) < 4.78 is 0.